The van der Waals surface area contributed by atoms with E-state index in [9.17, 15) is 4.79 Å². The van der Waals surface area contributed by atoms with Gasteiger partial charge in [0.05, 0.1) is 0 Å². The Morgan fingerprint density at radius 3 is 2.25 bits per heavy atom. The van der Waals surface area contributed by atoms with Crippen LogP contribution in [0.3, 0.4) is 0 Å². The highest BCUT2D eigenvalue weighted by Crippen LogP contribution is 2.32. The van der Waals surface area contributed by atoms with Gasteiger partial charge in [-0.05, 0) is 49.6 Å². The number of nitrogens with zero attached hydrogens (tertiary/aromatic N) is 2. The Balaban J connectivity index is 1.41. The first kappa shape index (κ1) is 17.5. The largest absolute Gasteiger partial charge is 0.342 e. The van der Waals surface area contributed by atoms with Gasteiger partial charge >= 0.3 is 0 Å². The van der Waals surface area contributed by atoms with Crippen LogP contribution < -0.4 is 0 Å². The van der Waals surface area contributed by atoms with Crippen molar-refractivity contribution < 1.29 is 4.79 Å². The first-order valence-electron chi connectivity index (χ1n) is 9.76. The molecule has 0 spiro atoms. The fourth-order valence-electron chi connectivity index (χ4n) is 4.50. The second kappa shape index (κ2) is 8.15. The van der Waals surface area contributed by atoms with Crippen molar-refractivity contribution in [1.82, 2.24) is 9.80 Å². The maximum Gasteiger partial charge on any atom is 0.225 e. The van der Waals surface area contributed by atoms with E-state index in [-0.39, 0.29) is 5.92 Å². The van der Waals surface area contributed by atoms with E-state index < -0.39 is 0 Å². The highest BCUT2D eigenvalue weighted by atomic mass is 16.2. The van der Waals surface area contributed by atoms with E-state index in [4.69, 9.17) is 0 Å². The number of hydrogen-bond donors (Lipinski definition) is 0. The average molecular weight is 329 g/mol. The number of hydrogen-bond acceptors (Lipinski definition) is 2. The van der Waals surface area contributed by atoms with Crippen LogP contribution >= 0.6 is 0 Å². The second-order valence-corrected chi connectivity index (χ2v) is 7.63. The number of aryl methyl sites for hydroxylation is 1. The summed E-state index contributed by atoms with van der Waals surface area (Å²) in [5, 5.41) is 0. The van der Waals surface area contributed by atoms with Gasteiger partial charge in [0.2, 0.25) is 5.91 Å². The topological polar surface area (TPSA) is 23.6 Å². The molecule has 24 heavy (non-hydrogen) atoms. The van der Waals surface area contributed by atoms with Gasteiger partial charge in [-0.3, -0.25) is 4.79 Å². The molecule has 0 radical (unpaired) electrons. The summed E-state index contributed by atoms with van der Waals surface area (Å²) in [4.78, 5) is 17.3. The molecule has 2 aliphatic rings. The number of rotatable bonds is 7. The van der Waals surface area contributed by atoms with Gasteiger partial charge in [0, 0.05) is 32.1 Å². The summed E-state index contributed by atoms with van der Waals surface area (Å²) in [6, 6.07) is 10.8. The Labute approximate surface area is 147 Å². The molecule has 2 aliphatic heterocycles. The molecule has 3 nitrogen and oxygen atoms in total. The van der Waals surface area contributed by atoms with Gasteiger partial charge in [0.1, 0.15) is 0 Å². The lowest BCUT2D eigenvalue weighted by molar-refractivity contribution is -0.135. The van der Waals surface area contributed by atoms with Crippen molar-refractivity contribution in [3.63, 3.8) is 0 Å². The maximum absolute atomic E-state index is 12.6. The molecule has 2 atom stereocenters. The summed E-state index contributed by atoms with van der Waals surface area (Å²) in [5.74, 6) is 2.07. The molecule has 0 N–H and O–H groups in total. The molecule has 0 aromatic heterocycles. The molecule has 0 aliphatic carbocycles. The van der Waals surface area contributed by atoms with Gasteiger partial charge < -0.3 is 9.80 Å². The standard InChI is InChI=1S/C21H32N2O/c1-3-18(4-2)21(24)23-15-19-13-22(14-20(19)16-23)12-8-11-17-9-6-5-7-10-17/h5-7,9-10,18-20H,3-4,8,11-16H2,1-2H3. The first-order valence-corrected chi connectivity index (χ1v) is 9.76. The lowest BCUT2D eigenvalue weighted by Crippen LogP contribution is -2.37. The lowest BCUT2D eigenvalue weighted by atomic mass is 10.0. The second-order valence-electron chi connectivity index (χ2n) is 7.63. The van der Waals surface area contributed by atoms with Crippen LogP contribution in [0.5, 0.6) is 0 Å². The molecule has 2 unspecified atom stereocenters. The minimum Gasteiger partial charge on any atom is -0.342 e. The van der Waals surface area contributed by atoms with Gasteiger partial charge in [0.25, 0.3) is 0 Å². The third kappa shape index (κ3) is 4.00. The molecule has 0 saturated carbocycles. The molecule has 132 valence electrons. The number of amides is 1. The van der Waals surface area contributed by atoms with Crippen LogP contribution in [0.1, 0.15) is 38.7 Å². The smallest absolute Gasteiger partial charge is 0.225 e. The molecule has 1 aromatic rings. The van der Waals surface area contributed by atoms with Gasteiger partial charge in [-0.2, -0.15) is 0 Å². The minimum absolute atomic E-state index is 0.241. The Bertz CT molecular complexity index is 512. The van der Waals surface area contributed by atoms with E-state index in [1.807, 2.05) is 0 Å². The number of fused-ring (bicyclic) bond motifs is 1. The number of likely N-dealkylation sites (tertiary alicyclic amines) is 2. The zero-order valence-electron chi connectivity index (χ0n) is 15.3. The van der Waals surface area contributed by atoms with Crippen molar-refractivity contribution in [1.29, 1.82) is 0 Å². The van der Waals surface area contributed by atoms with E-state index in [0.29, 0.717) is 17.7 Å². The Kier molecular flexibility index (Phi) is 5.94. The third-order valence-corrected chi connectivity index (χ3v) is 5.99. The van der Waals surface area contributed by atoms with E-state index in [2.05, 4.69) is 54.0 Å². The Morgan fingerprint density at radius 1 is 1.04 bits per heavy atom. The van der Waals surface area contributed by atoms with Crippen LogP contribution in [-0.2, 0) is 11.2 Å². The summed E-state index contributed by atoms with van der Waals surface area (Å²) >= 11 is 0. The quantitative estimate of drug-likeness (QED) is 0.765. The van der Waals surface area contributed by atoms with Crippen molar-refractivity contribution >= 4 is 5.91 Å². The van der Waals surface area contributed by atoms with E-state index in [1.165, 1.54) is 38.0 Å². The normalized spacial score (nSPS) is 23.9. The minimum atomic E-state index is 0.241. The predicted molar refractivity (Wildman–Crippen MR) is 98.8 cm³/mol. The number of carbonyl (C=O) groups excluding carboxylic acids is 1. The van der Waals surface area contributed by atoms with Crippen molar-refractivity contribution in [3.05, 3.63) is 35.9 Å². The SMILES string of the molecule is CCC(CC)C(=O)N1CC2CN(CCCc3ccccc3)CC2C1. The fourth-order valence-corrected chi connectivity index (χ4v) is 4.50. The van der Waals surface area contributed by atoms with Crippen molar-refractivity contribution in [3.8, 4) is 0 Å². The average Bonchev–Trinajstić information content (AvgIpc) is 3.15. The van der Waals surface area contributed by atoms with Gasteiger partial charge in [-0.1, -0.05) is 44.2 Å². The van der Waals surface area contributed by atoms with Crippen LogP contribution in [-0.4, -0.2) is 48.4 Å². The van der Waals surface area contributed by atoms with Crippen LogP contribution in [0.25, 0.3) is 0 Å². The summed E-state index contributed by atoms with van der Waals surface area (Å²) in [5.41, 5.74) is 1.44. The molecular weight excluding hydrogens is 296 g/mol. The third-order valence-electron chi connectivity index (χ3n) is 5.99. The highest BCUT2D eigenvalue weighted by molar-refractivity contribution is 5.79. The molecule has 2 heterocycles. The zero-order chi connectivity index (χ0) is 16.9. The lowest BCUT2D eigenvalue weighted by Gasteiger charge is -2.24. The van der Waals surface area contributed by atoms with E-state index in [0.717, 1.165) is 25.9 Å². The Hall–Kier alpha value is -1.35. The first-order chi connectivity index (χ1) is 11.7. The number of carbonyl (C=O) groups is 1. The van der Waals surface area contributed by atoms with Crippen molar-refractivity contribution in [2.45, 2.75) is 39.5 Å². The molecule has 3 heteroatoms. The molecule has 1 amide bonds. The van der Waals surface area contributed by atoms with Crippen molar-refractivity contribution in [2.24, 2.45) is 17.8 Å². The van der Waals surface area contributed by atoms with Crippen LogP contribution in [0, 0.1) is 17.8 Å². The number of benzene rings is 1. The predicted octanol–water partition coefficient (Wildman–Crippen LogP) is 3.45. The van der Waals surface area contributed by atoms with Crippen molar-refractivity contribution in [2.75, 3.05) is 32.7 Å². The molecular formula is C21H32N2O. The Morgan fingerprint density at radius 2 is 1.67 bits per heavy atom. The maximum atomic E-state index is 12.6. The van der Waals surface area contributed by atoms with Crippen LogP contribution in [0.15, 0.2) is 30.3 Å². The zero-order valence-corrected chi connectivity index (χ0v) is 15.3. The molecule has 2 fully saturated rings. The molecule has 0 bridgehead atoms. The van der Waals surface area contributed by atoms with Crippen LogP contribution in [0.2, 0.25) is 0 Å². The van der Waals surface area contributed by atoms with E-state index in [1.54, 1.807) is 0 Å². The molecule has 1 aromatic carbocycles. The summed E-state index contributed by atoms with van der Waals surface area (Å²) in [6.07, 6.45) is 4.37. The highest BCUT2D eigenvalue weighted by Gasteiger charge is 2.41. The summed E-state index contributed by atoms with van der Waals surface area (Å²) in [6.45, 7) is 9.83. The van der Waals surface area contributed by atoms with Gasteiger partial charge in [-0.25, -0.2) is 0 Å². The fraction of sp³-hybridized carbons (Fsp3) is 0.667. The summed E-state index contributed by atoms with van der Waals surface area (Å²) < 4.78 is 0. The summed E-state index contributed by atoms with van der Waals surface area (Å²) in [7, 11) is 0. The van der Waals surface area contributed by atoms with Gasteiger partial charge in [0.15, 0.2) is 0 Å². The van der Waals surface area contributed by atoms with Gasteiger partial charge in [-0.15, -0.1) is 0 Å². The van der Waals surface area contributed by atoms with E-state index >= 15 is 0 Å². The molecule has 3 rings (SSSR count). The molecule has 2 saturated heterocycles. The monoisotopic (exact) mass is 328 g/mol. The van der Waals surface area contributed by atoms with Crippen LogP contribution in [0.4, 0.5) is 0 Å².